The Kier molecular flexibility index (Phi) is 4.63. The number of aromatic hydroxyl groups is 1. The lowest BCUT2D eigenvalue weighted by Gasteiger charge is -2.07. The summed E-state index contributed by atoms with van der Waals surface area (Å²) in [6.45, 7) is 3.51. The summed E-state index contributed by atoms with van der Waals surface area (Å²) in [6, 6.07) is 7.49. The predicted molar refractivity (Wildman–Crippen MR) is 88.3 cm³/mol. The van der Waals surface area contributed by atoms with Crippen LogP contribution in [0.2, 0.25) is 0 Å². The lowest BCUT2D eigenvalue weighted by atomic mass is 10.1. The first-order valence-corrected chi connectivity index (χ1v) is 7.14. The molecule has 0 atom stereocenters. The van der Waals surface area contributed by atoms with Crippen LogP contribution in [0.25, 0.3) is 0 Å². The fourth-order valence-corrected chi connectivity index (χ4v) is 2.41. The van der Waals surface area contributed by atoms with Crippen molar-refractivity contribution in [3.63, 3.8) is 0 Å². The van der Waals surface area contributed by atoms with Gasteiger partial charge in [-0.1, -0.05) is 15.9 Å². The van der Waals surface area contributed by atoms with Crippen LogP contribution in [0, 0.1) is 25.2 Å². The predicted octanol–water partition coefficient (Wildman–Crippen LogP) is 2.78. The van der Waals surface area contributed by atoms with E-state index < -0.39 is 5.56 Å². The van der Waals surface area contributed by atoms with Gasteiger partial charge in [0.15, 0.2) is 0 Å². The van der Waals surface area contributed by atoms with Gasteiger partial charge in [-0.3, -0.25) is 15.2 Å². The molecule has 1 aromatic carbocycles. The van der Waals surface area contributed by atoms with E-state index in [-0.39, 0.29) is 11.4 Å². The SMILES string of the molecule is Cc1cc(Br)ccc1N/N=C/c1c(O)[nH]c(=O)c(C#N)c1C. The second kappa shape index (κ2) is 6.45. The minimum atomic E-state index is -0.619. The largest absolute Gasteiger partial charge is 0.494 e. The molecule has 1 heterocycles. The van der Waals surface area contributed by atoms with Gasteiger partial charge >= 0.3 is 0 Å². The van der Waals surface area contributed by atoms with E-state index in [0.717, 1.165) is 15.7 Å². The molecule has 6 nitrogen and oxygen atoms in total. The number of nitriles is 1. The number of anilines is 1. The highest BCUT2D eigenvalue weighted by Gasteiger charge is 2.12. The molecule has 0 aliphatic rings. The molecule has 2 rings (SSSR count). The number of rotatable bonds is 3. The van der Waals surface area contributed by atoms with Gasteiger partial charge in [0.25, 0.3) is 5.56 Å². The van der Waals surface area contributed by atoms with E-state index in [1.165, 1.54) is 6.21 Å². The number of hydrogen-bond donors (Lipinski definition) is 3. The van der Waals surface area contributed by atoms with Gasteiger partial charge in [0.2, 0.25) is 5.88 Å². The fraction of sp³-hybridized carbons (Fsp3) is 0.133. The number of aromatic amines is 1. The number of hydrazone groups is 1. The molecule has 0 radical (unpaired) electrons. The second-order valence-electron chi connectivity index (χ2n) is 4.66. The number of halogens is 1. The molecular formula is C15H13BrN4O2. The average Bonchev–Trinajstić information content (AvgIpc) is 2.44. The number of nitrogens with zero attached hydrogens (tertiary/aromatic N) is 2. The third kappa shape index (κ3) is 3.18. The maximum atomic E-state index is 11.5. The smallest absolute Gasteiger partial charge is 0.268 e. The molecule has 0 amide bonds. The van der Waals surface area contributed by atoms with E-state index >= 15 is 0 Å². The number of aryl methyl sites for hydroxylation is 1. The Bertz CT molecular complexity index is 850. The molecule has 22 heavy (non-hydrogen) atoms. The third-order valence-corrected chi connectivity index (χ3v) is 3.67. The van der Waals surface area contributed by atoms with Gasteiger partial charge in [-0.15, -0.1) is 0 Å². The Hall–Kier alpha value is -2.59. The van der Waals surface area contributed by atoms with Gasteiger partial charge < -0.3 is 5.11 Å². The number of aromatic nitrogens is 1. The summed E-state index contributed by atoms with van der Waals surface area (Å²) in [5, 5.41) is 22.8. The number of benzene rings is 1. The van der Waals surface area contributed by atoms with Crippen molar-refractivity contribution in [3.05, 3.63) is 55.3 Å². The number of H-pyrrole nitrogens is 1. The van der Waals surface area contributed by atoms with Crippen LogP contribution in [0.15, 0.2) is 32.6 Å². The molecule has 0 aliphatic carbocycles. The lowest BCUT2D eigenvalue weighted by molar-refractivity contribution is 0.450. The molecule has 112 valence electrons. The monoisotopic (exact) mass is 360 g/mol. The first kappa shape index (κ1) is 15.8. The molecule has 3 N–H and O–H groups in total. The van der Waals surface area contributed by atoms with Crippen molar-refractivity contribution in [2.75, 3.05) is 5.43 Å². The fourth-order valence-electron chi connectivity index (χ4n) is 1.93. The Morgan fingerprint density at radius 3 is 2.82 bits per heavy atom. The van der Waals surface area contributed by atoms with Crippen molar-refractivity contribution >= 4 is 27.8 Å². The Morgan fingerprint density at radius 1 is 1.45 bits per heavy atom. The van der Waals surface area contributed by atoms with Crippen molar-refractivity contribution in [1.82, 2.24) is 4.98 Å². The summed E-state index contributed by atoms with van der Waals surface area (Å²) in [4.78, 5) is 13.7. The molecule has 0 fully saturated rings. The Balaban J connectivity index is 2.31. The highest BCUT2D eigenvalue weighted by atomic mass is 79.9. The van der Waals surface area contributed by atoms with Crippen LogP contribution in [0.1, 0.15) is 22.3 Å². The number of pyridine rings is 1. The maximum absolute atomic E-state index is 11.5. The Morgan fingerprint density at radius 2 is 2.18 bits per heavy atom. The molecule has 0 saturated carbocycles. The van der Waals surface area contributed by atoms with E-state index in [4.69, 9.17) is 5.26 Å². The maximum Gasteiger partial charge on any atom is 0.268 e. The van der Waals surface area contributed by atoms with Crippen LogP contribution in [0.4, 0.5) is 5.69 Å². The molecule has 0 bridgehead atoms. The molecular weight excluding hydrogens is 348 g/mol. The summed E-state index contributed by atoms with van der Waals surface area (Å²) in [6.07, 6.45) is 1.36. The van der Waals surface area contributed by atoms with E-state index in [2.05, 4.69) is 31.4 Å². The molecule has 0 saturated heterocycles. The quantitative estimate of drug-likeness (QED) is 0.578. The van der Waals surface area contributed by atoms with Gasteiger partial charge in [-0.05, 0) is 43.2 Å². The zero-order valence-corrected chi connectivity index (χ0v) is 13.5. The topological polar surface area (TPSA) is 101 Å². The zero-order valence-electron chi connectivity index (χ0n) is 11.9. The highest BCUT2D eigenvalue weighted by Crippen LogP contribution is 2.20. The van der Waals surface area contributed by atoms with Crippen LogP contribution in [0.3, 0.4) is 0 Å². The standard InChI is InChI=1S/C15H13BrN4O2/c1-8-5-10(16)3-4-13(8)20-18-7-12-9(2)11(6-17)14(21)19-15(12)22/h3-5,7,20H,1-2H3,(H2,19,21,22)/b18-7+. The van der Waals surface area contributed by atoms with E-state index in [1.54, 1.807) is 6.92 Å². The second-order valence-corrected chi connectivity index (χ2v) is 5.57. The van der Waals surface area contributed by atoms with E-state index in [0.29, 0.717) is 11.1 Å². The first-order chi connectivity index (χ1) is 10.4. The zero-order chi connectivity index (χ0) is 16.3. The van der Waals surface area contributed by atoms with Crippen LogP contribution >= 0.6 is 15.9 Å². The summed E-state index contributed by atoms with van der Waals surface area (Å²) >= 11 is 3.38. The van der Waals surface area contributed by atoms with Gasteiger partial charge in [0.1, 0.15) is 11.6 Å². The summed E-state index contributed by atoms with van der Waals surface area (Å²) in [7, 11) is 0. The normalized spacial score (nSPS) is 10.6. The van der Waals surface area contributed by atoms with E-state index in [9.17, 15) is 9.90 Å². The molecule has 7 heteroatoms. The molecule has 0 aliphatic heterocycles. The van der Waals surface area contributed by atoms with E-state index in [1.807, 2.05) is 31.2 Å². The van der Waals surface area contributed by atoms with Crippen LogP contribution in [0.5, 0.6) is 5.88 Å². The molecule has 2 aromatic rings. The lowest BCUT2D eigenvalue weighted by Crippen LogP contribution is -2.14. The first-order valence-electron chi connectivity index (χ1n) is 6.35. The average molecular weight is 361 g/mol. The van der Waals surface area contributed by atoms with Crippen molar-refractivity contribution in [2.24, 2.45) is 5.10 Å². The van der Waals surface area contributed by atoms with Gasteiger partial charge in [-0.25, -0.2) is 0 Å². The van der Waals surface area contributed by atoms with Crippen molar-refractivity contribution in [3.8, 4) is 11.9 Å². The van der Waals surface area contributed by atoms with Crippen molar-refractivity contribution in [1.29, 1.82) is 5.26 Å². The summed E-state index contributed by atoms with van der Waals surface area (Å²) in [5.74, 6) is -0.320. The van der Waals surface area contributed by atoms with Crippen LogP contribution in [-0.2, 0) is 0 Å². The van der Waals surface area contributed by atoms with Crippen LogP contribution < -0.4 is 11.0 Å². The molecule has 0 spiro atoms. The van der Waals surface area contributed by atoms with Crippen LogP contribution in [-0.4, -0.2) is 16.3 Å². The molecule has 0 unspecified atom stereocenters. The van der Waals surface area contributed by atoms with Crippen molar-refractivity contribution < 1.29 is 5.11 Å². The number of hydrogen-bond acceptors (Lipinski definition) is 5. The van der Waals surface area contributed by atoms with Gasteiger partial charge in [-0.2, -0.15) is 10.4 Å². The third-order valence-electron chi connectivity index (χ3n) is 3.17. The van der Waals surface area contributed by atoms with Crippen molar-refractivity contribution in [2.45, 2.75) is 13.8 Å². The number of nitrogens with one attached hydrogen (secondary N) is 2. The Labute approximate surface area is 135 Å². The highest BCUT2D eigenvalue weighted by molar-refractivity contribution is 9.10. The van der Waals surface area contributed by atoms with Gasteiger partial charge in [0, 0.05) is 4.47 Å². The minimum absolute atomic E-state index is 0.0425. The summed E-state index contributed by atoms with van der Waals surface area (Å²) in [5.41, 5.74) is 4.66. The summed E-state index contributed by atoms with van der Waals surface area (Å²) < 4.78 is 0.965. The molecule has 1 aromatic heterocycles. The van der Waals surface area contributed by atoms with Gasteiger partial charge in [0.05, 0.1) is 17.5 Å². The minimum Gasteiger partial charge on any atom is -0.494 e.